The summed E-state index contributed by atoms with van der Waals surface area (Å²) in [4.78, 5) is 12.9. The molecule has 0 bridgehead atoms. The molecule has 1 aliphatic heterocycles. The van der Waals surface area contributed by atoms with Crippen LogP contribution in [0.15, 0.2) is 41.3 Å². The van der Waals surface area contributed by atoms with Gasteiger partial charge in [0.15, 0.2) is 6.29 Å². The molecule has 0 spiro atoms. The molecule has 0 aliphatic carbocycles. The summed E-state index contributed by atoms with van der Waals surface area (Å²) in [6.45, 7) is 3.54. The van der Waals surface area contributed by atoms with Gasteiger partial charge >= 0.3 is 0 Å². The Morgan fingerprint density at radius 3 is 2.71 bits per heavy atom. The van der Waals surface area contributed by atoms with Gasteiger partial charge in [-0.3, -0.25) is 4.79 Å². The Hall–Kier alpha value is -2.51. The minimum Gasteiger partial charge on any atom is -0.350 e. The van der Waals surface area contributed by atoms with Crippen molar-refractivity contribution in [1.82, 2.24) is 19.6 Å². The van der Waals surface area contributed by atoms with E-state index in [0.29, 0.717) is 31.7 Å². The monoisotopic (exact) mass is 326 g/mol. The van der Waals surface area contributed by atoms with Crippen LogP contribution in [0.4, 0.5) is 0 Å². The molecule has 24 heavy (non-hydrogen) atoms. The summed E-state index contributed by atoms with van der Waals surface area (Å²) in [5, 5.41) is 9.56. The van der Waals surface area contributed by atoms with Crippen LogP contribution in [0.1, 0.15) is 12.1 Å². The van der Waals surface area contributed by atoms with Crippen molar-refractivity contribution in [3.63, 3.8) is 0 Å². The van der Waals surface area contributed by atoms with Gasteiger partial charge in [0.05, 0.1) is 30.8 Å². The van der Waals surface area contributed by atoms with Gasteiger partial charge in [0.2, 0.25) is 0 Å². The highest BCUT2D eigenvalue weighted by atomic mass is 16.7. The molecule has 1 aliphatic rings. The molecule has 2 aromatic heterocycles. The normalized spacial score (nSPS) is 15.4. The van der Waals surface area contributed by atoms with Gasteiger partial charge in [-0.05, 0) is 19.1 Å². The van der Waals surface area contributed by atoms with Crippen molar-refractivity contribution in [3.05, 3.63) is 52.6 Å². The smallest absolute Gasteiger partial charge is 0.293 e. The second-order valence-corrected chi connectivity index (χ2v) is 5.73. The largest absolute Gasteiger partial charge is 0.350 e. The van der Waals surface area contributed by atoms with Crippen molar-refractivity contribution in [2.24, 2.45) is 0 Å². The predicted molar refractivity (Wildman–Crippen MR) is 88.2 cm³/mol. The number of ether oxygens (including phenoxy) is 2. The average molecular weight is 326 g/mol. The number of fused-ring (bicyclic) bond motifs is 1. The molecule has 0 radical (unpaired) electrons. The highest BCUT2D eigenvalue weighted by Gasteiger charge is 2.18. The summed E-state index contributed by atoms with van der Waals surface area (Å²) in [6, 6.07) is 9.62. The third kappa shape index (κ3) is 2.61. The summed E-state index contributed by atoms with van der Waals surface area (Å²) in [5.74, 6) is 0. The fraction of sp³-hybridized carbons (Fsp3) is 0.353. The lowest BCUT2D eigenvalue weighted by molar-refractivity contribution is -0.0497. The molecule has 7 nitrogen and oxygen atoms in total. The average Bonchev–Trinajstić information content (AvgIpc) is 3.27. The van der Waals surface area contributed by atoms with Crippen molar-refractivity contribution in [1.29, 1.82) is 0 Å². The molecule has 0 N–H and O–H groups in total. The summed E-state index contributed by atoms with van der Waals surface area (Å²) in [6.07, 6.45) is 2.03. The predicted octanol–water partition coefficient (Wildman–Crippen LogP) is 1.65. The minimum absolute atomic E-state index is 0.157. The topological polar surface area (TPSA) is 71.2 Å². The molecule has 3 aromatic rings. The molecular formula is C17H18N4O3. The van der Waals surface area contributed by atoms with Crippen molar-refractivity contribution >= 4 is 10.9 Å². The van der Waals surface area contributed by atoms with Gasteiger partial charge in [-0.15, -0.1) is 0 Å². The van der Waals surface area contributed by atoms with E-state index >= 15 is 0 Å². The summed E-state index contributed by atoms with van der Waals surface area (Å²) in [5.41, 5.74) is 2.01. The number of aryl methyl sites for hydroxylation is 2. The SMILES string of the molecule is Cc1nn(CCC2OCCO2)c(=O)c2c1cnn2-c1ccccc1. The lowest BCUT2D eigenvalue weighted by Crippen LogP contribution is -2.27. The van der Waals surface area contributed by atoms with Gasteiger partial charge in [0.25, 0.3) is 5.56 Å². The first-order valence-corrected chi connectivity index (χ1v) is 7.98. The summed E-state index contributed by atoms with van der Waals surface area (Å²) in [7, 11) is 0. The zero-order valence-corrected chi connectivity index (χ0v) is 13.4. The van der Waals surface area contributed by atoms with Crippen LogP contribution in [0.3, 0.4) is 0 Å². The van der Waals surface area contributed by atoms with Crippen LogP contribution in [-0.2, 0) is 16.0 Å². The lowest BCUT2D eigenvalue weighted by atomic mass is 10.2. The Balaban J connectivity index is 1.76. The number of rotatable bonds is 4. The molecule has 1 aromatic carbocycles. The molecular weight excluding hydrogens is 308 g/mol. The fourth-order valence-corrected chi connectivity index (χ4v) is 2.94. The van der Waals surface area contributed by atoms with E-state index in [4.69, 9.17) is 9.47 Å². The quantitative estimate of drug-likeness (QED) is 0.729. The van der Waals surface area contributed by atoms with Gasteiger partial charge < -0.3 is 9.47 Å². The Kier molecular flexibility index (Phi) is 3.87. The van der Waals surface area contributed by atoms with Crippen LogP contribution >= 0.6 is 0 Å². The fourth-order valence-electron chi connectivity index (χ4n) is 2.94. The van der Waals surface area contributed by atoms with E-state index in [-0.39, 0.29) is 11.8 Å². The molecule has 1 fully saturated rings. The highest BCUT2D eigenvalue weighted by molar-refractivity contribution is 5.81. The van der Waals surface area contributed by atoms with Crippen molar-refractivity contribution in [2.75, 3.05) is 13.2 Å². The maximum atomic E-state index is 12.9. The molecule has 124 valence electrons. The highest BCUT2D eigenvalue weighted by Crippen LogP contribution is 2.17. The van der Waals surface area contributed by atoms with E-state index in [1.807, 2.05) is 37.3 Å². The lowest BCUT2D eigenvalue weighted by Gasteiger charge is -2.11. The van der Waals surface area contributed by atoms with E-state index in [1.165, 1.54) is 4.68 Å². The first kappa shape index (κ1) is 15.0. The first-order valence-electron chi connectivity index (χ1n) is 7.98. The number of nitrogens with zero attached hydrogens (tertiary/aromatic N) is 4. The number of hydrogen-bond donors (Lipinski definition) is 0. The van der Waals surface area contributed by atoms with Crippen LogP contribution in [-0.4, -0.2) is 39.1 Å². The Morgan fingerprint density at radius 1 is 1.21 bits per heavy atom. The molecule has 4 rings (SSSR count). The number of aromatic nitrogens is 4. The molecule has 0 amide bonds. The van der Waals surface area contributed by atoms with Gasteiger partial charge in [-0.1, -0.05) is 18.2 Å². The van der Waals surface area contributed by atoms with Gasteiger partial charge in [-0.25, -0.2) is 9.36 Å². The van der Waals surface area contributed by atoms with E-state index in [0.717, 1.165) is 16.8 Å². The van der Waals surface area contributed by atoms with Crippen molar-refractivity contribution in [2.45, 2.75) is 26.2 Å². The van der Waals surface area contributed by atoms with Gasteiger partial charge in [0, 0.05) is 18.4 Å². The van der Waals surface area contributed by atoms with Crippen LogP contribution in [0.2, 0.25) is 0 Å². The number of hydrogen-bond acceptors (Lipinski definition) is 5. The Bertz CT molecular complexity index is 911. The van der Waals surface area contributed by atoms with Crippen LogP contribution in [0.25, 0.3) is 16.6 Å². The third-order valence-corrected chi connectivity index (χ3v) is 4.13. The second kappa shape index (κ2) is 6.18. The van der Waals surface area contributed by atoms with Crippen molar-refractivity contribution in [3.8, 4) is 5.69 Å². The standard InChI is InChI=1S/C17H18N4O3/c1-12-14-11-18-21(13-5-3-2-4-6-13)16(14)17(22)20(19-12)8-7-15-23-9-10-24-15/h2-6,11,15H,7-10H2,1H3. The maximum absolute atomic E-state index is 12.9. The van der Waals surface area contributed by atoms with Crippen molar-refractivity contribution < 1.29 is 9.47 Å². The maximum Gasteiger partial charge on any atom is 0.293 e. The van der Waals surface area contributed by atoms with Gasteiger partial charge in [-0.2, -0.15) is 10.2 Å². The van der Waals surface area contributed by atoms with Crippen LogP contribution in [0, 0.1) is 6.92 Å². The molecule has 3 heterocycles. The van der Waals surface area contributed by atoms with E-state index in [1.54, 1.807) is 10.9 Å². The summed E-state index contributed by atoms with van der Waals surface area (Å²) >= 11 is 0. The van der Waals surface area contributed by atoms with E-state index in [9.17, 15) is 4.79 Å². The second-order valence-electron chi connectivity index (χ2n) is 5.73. The van der Waals surface area contributed by atoms with Crippen LogP contribution in [0.5, 0.6) is 0 Å². The summed E-state index contributed by atoms with van der Waals surface area (Å²) < 4.78 is 14.0. The number of para-hydroxylation sites is 1. The van der Waals surface area contributed by atoms with Crippen LogP contribution < -0.4 is 5.56 Å². The molecule has 0 unspecified atom stereocenters. The molecule has 1 saturated heterocycles. The molecule has 0 saturated carbocycles. The third-order valence-electron chi connectivity index (χ3n) is 4.13. The zero-order chi connectivity index (χ0) is 16.5. The number of benzene rings is 1. The molecule has 7 heteroatoms. The Labute approximate surface area is 138 Å². The van der Waals surface area contributed by atoms with E-state index < -0.39 is 0 Å². The minimum atomic E-state index is -0.256. The first-order chi connectivity index (χ1) is 11.7. The van der Waals surface area contributed by atoms with E-state index in [2.05, 4.69) is 10.2 Å². The Morgan fingerprint density at radius 2 is 1.96 bits per heavy atom. The zero-order valence-electron chi connectivity index (χ0n) is 13.4. The van der Waals surface area contributed by atoms with Gasteiger partial charge in [0.1, 0.15) is 5.52 Å². The molecule has 0 atom stereocenters.